The zero-order valence-corrected chi connectivity index (χ0v) is 15.4. The number of nitrogens with one attached hydrogen (secondary N) is 1. The van der Waals surface area contributed by atoms with Crippen LogP contribution in [0.3, 0.4) is 0 Å². The second-order valence-electron chi connectivity index (χ2n) is 6.18. The minimum absolute atomic E-state index is 0.0970. The van der Waals surface area contributed by atoms with Crippen molar-refractivity contribution in [2.24, 2.45) is 0 Å². The van der Waals surface area contributed by atoms with Gasteiger partial charge in [0, 0.05) is 6.04 Å². The summed E-state index contributed by atoms with van der Waals surface area (Å²) in [6, 6.07) is 9.88. The third kappa shape index (κ3) is 3.49. The Morgan fingerprint density at radius 3 is 2.72 bits per heavy atom. The Hall–Kier alpha value is -2.47. The van der Waals surface area contributed by atoms with E-state index in [1.54, 1.807) is 10.9 Å². The molecule has 2 aromatic heterocycles. The molecule has 1 aromatic carbocycles. The first-order valence-corrected chi connectivity index (χ1v) is 9.16. The molecule has 0 aliphatic rings. The fraction of sp³-hybridized carbons (Fsp3) is 0.316. The summed E-state index contributed by atoms with van der Waals surface area (Å²) in [6.45, 7) is 6.27. The highest BCUT2D eigenvalue weighted by Crippen LogP contribution is 2.26. The number of aryl methyl sites for hydroxylation is 1. The van der Waals surface area contributed by atoms with Gasteiger partial charge in [0.25, 0.3) is 11.5 Å². The van der Waals surface area contributed by atoms with Crippen LogP contribution in [0, 0.1) is 6.92 Å². The first-order valence-electron chi connectivity index (χ1n) is 8.34. The Kier molecular flexibility index (Phi) is 4.99. The minimum atomic E-state index is -0.135. The molecule has 6 heteroatoms. The van der Waals surface area contributed by atoms with Crippen LogP contribution in [0.25, 0.3) is 10.2 Å². The van der Waals surface area contributed by atoms with E-state index in [1.807, 2.05) is 51.1 Å². The van der Waals surface area contributed by atoms with Crippen molar-refractivity contribution in [2.45, 2.75) is 39.8 Å². The molecule has 130 valence electrons. The molecule has 3 rings (SSSR count). The first-order chi connectivity index (χ1) is 12.0. The highest BCUT2D eigenvalue weighted by atomic mass is 32.1. The van der Waals surface area contributed by atoms with Gasteiger partial charge in [-0.2, -0.15) is 0 Å². The quantitative estimate of drug-likeness (QED) is 0.763. The Balaban J connectivity index is 2.00. The van der Waals surface area contributed by atoms with E-state index in [0.29, 0.717) is 27.2 Å². The lowest BCUT2D eigenvalue weighted by molar-refractivity contribution is 0.0943. The normalized spacial score (nSPS) is 12.3. The molecule has 3 aromatic rings. The smallest absolute Gasteiger partial charge is 0.262 e. The van der Waals surface area contributed by atoms with Crippen LogP contribution in [0.1, 0.15) is 41.1 Å². The molecule has 0 saturated carbocycles. The SMILES string of the molecule is CCC(C)NC(=O)c1sc2ncn(Cc3ccccc3)c(=O)c2c1C. The van der Waals surface area contributed by atoms with Gasteiger partial charge in [0.15, 0.2) is 0 Å². The lowest BCUT2D eigenvalue weighted by atomic mass is 10.2. The summed E-state index contributed by atoms with van der Waals surface area (Å²) < 4.78 is 1.59. The number of carbonyl (C=O) groups is 1. The number of carbonyl (C=O) groups excluding carboxylic acids is 1. The van der Waals surface area contributed by atoms with Crippen LogP contribution in [0.5, 0.6) is 0 Å². The lowest BCUT2D eigenvalue weighted by Crippen LogP contribution is -2.31. The van der Waals surface area contributed by atoms with Crippen molar-refractivity contribution in [1.82, 2.24) is 14.9 Å². The van der Waals surface area contributed by atoms with Crippen molar-refractivity contribution < 1.29 is 4.79 Å². The van der Waals surface area contributed by atoms with Gasteiger partial charge in [-0.1, -0.05) is 37.3 Å². The van der Waals surface area contributed by atoms with Crippen molar-refractivity contribution >= 4 is 27.5 Å². The average Bonchev–Trinajstić information content (AvgIpc) is 2.95. The fourth-order valence-electron chi connectivity index (χ4n) is 2.66. The second-order valence-corrected chi connectivity index (χ2v) is 7.18. The maximum absolute atomic E-state index is 12.9. The van der Waals surface area contributed by atoms with E-state index in [9.17, 15) is 9.59 Å². The van der Waals surface area contributed by atoms with Crippen LogP contribution < -0.4 is 10.9 Å². The molecular formula is C19H21N3O2S. The van der Waals surface area contributed by atoms with Crippen LogP contribution in [-0.2, 0) is 6.54 Å². The lowest BCUT2D eigenvalue weighted by Gasteiger charge is -2.10. The molecule has 5 nitrogen and oxygen atoms in total. The topological polar surface area (TPSA) is 64.0 Å². The van der Waals surface area contributed by atoms with Gasteiger partial charge in [-0.15, -0.1) is 11.3 Å². The minimum Gasteiger partial charge on any atom is -0.349 e. The van der Waals surface area contributed by atoms with E-state index >= 15 is 0 Å². The van der Waals surface area contributed by atoms with Crippen LogP contribution in [-0.4, -0.2) is 21.5 Å². The van der Waals surface area contributed by atoms with Gasteiger partial charge in [0.1, 0.15) is 4.83 Å². The Labute approximate surface area is 150 Å². The molecular weight excluding hydrogens is 334 g/mol. The fourth-order valence-corrected chi connectivity index (χ4v) is 3.70. The van der Waals surface area contributed by atoms with Crippen molar-refractivity contribution in [3.8, 4) is 0 Å². The second kappa shape index (κ2) is 7.19. The van der Waals surface area contributed by atoms with E-state index in [-0.39, 0.29) is 17.5 Å². The predicted molar refractivity (Wildman–Crippen MR) is 101 cm³/mol. The molecule has 0 radical (unpaired) electrons. The molecule has 2 heterocycles. The van der Waals surface area contributed by atoms with Crippen molar-refractivity contribution in [1.29, 1.82) is 0 Å². The number of thiophene rings is 1. The summed E-state index contributed by atoms with van der Waals surface area (Å²) >= 11 is 1.28. The molecule has 1 unspecified atom stereocenters. The summed E-state index contributed by atoms with van der Waals surface area (Å²) in [5.74, 6) is -0.135. The van der Waals surface area contributed by atoms with Gasteiger partial charge in [0.05, 0.1) is 23.1 Å². The number of hydrogen-bond donors (Lipinski definition) is 1. The number of benzene rings is 1. The Morgan fingerprint density at radius 1 is 1.32 bits per heavy atom. The molecule has 0 saturated heterocycles. The number of amides is 1. The Bertz CT molecular complexity index is 960. The number of rotatable bonds is 5. The standard InChI is InChI=1S/C19H21N3O2S/c1-4-12(2)21-17(23)16-13(3)15-18(25-16)20-11-22(19(15)24)10-14-8-6-5-7-9-14/h5-9,11-12H,4,10H2,1-3H3,(H,21,23). The summed E-state index contributed by atoms with van der Waals surface area (Å²) in [5.41, 5.74) is 1.64. The predicted octanol–water partition coefficient (Wildman–Crippen LogP) is 3.34. The Morgan fingerprint density at radius 2 is 2.04 bits per heavy atom. The third-order valence-corrected chi connectivity index (χ3v) is 5.51. The molecule has 0 bridgehead atoms. The van der Waals surface area contributed by atoms with Gasteiger partial charge in [0.2, 0.25) is 0 Å². The monoisotopic (exact) mass is 355 g/mol. The van der Waals surface area contributed by atoms with Gasteiger partial charge in [-0.3, -0.25) is 14.2 Å². The number of aromatic nitrogens is 2. The van der Waals surface area contributed by atoms with E-state index in [1.165, 1.54) is 11.3 Å². The van der Waals surface area contributed by atoms with Crippen LogP contribution in [0.4, 0.5) is 0 Å². The molecule has 0 aliphatic carbocycles. The number of nitrogens with zero attached hydrogens (tertiary/aromatic N) is 2. The number of hydrogen-bond acceptors (Lipinski definition) is 4. The largest absolute Gasteiger partial charge is 0.349 e. The zero-order valence-electron chi connectivity index (χ0n) is 14.6. The highest BCUT2D eigenvalue weighted by molar-refractivity contribution is 7.20. The van der Waals surface area contributed by atoms with Gasteiger partial charge in [-0.05, 0) is 31.4 Å². The van der Waals surface area contributed by atoms with Crippen LogP contribution in [0.15, 0.2) is 41.5 Å². The van der Waals surface area contributed by atoms with E-state index in [2.05, 4.69) is 10.3 Å². The van der Waals surface area contributed by atoms with Crippen LogP contribution >= 0.6 is 11.3 Å². The zero-order chi connectivity index (χ0) is 18.0. The van der Waals surface area contributed by atoms with Gasteiger partial charge < -0.3 is 5.32 Å². The number of fused-ring (bicyclic) bond motifs is 1. The van der Waals surface area contributed by atoms with Gasteiger partial charge >= 0.3 is 0 Å². The van der Waals surface area contributed by atoms with E-state index < -0.39 is 0 Å². The van der Waals surface area contributed by atoms with Gasteiger partial charge in [-0.25, -0.2) is 4.98 Å². The molecule has 1 N–H and O–H groups in total. The molecule has 1 amide bonds. The average molecular weight is 355 g/mol. The first kappa shape index (κ1) is 17.4. The summed E-state index contributed by atoms with van der Waals surface area (Å²) in [5, 5.41) is 3.50. The summed E-state index contributed by atoms with van der Waals surface area (Å²) in [6.07, 6.45) is 2.42. The molecule has 0 spiro atoms. The maximum Gasteiger partial charge on any atom is 0.262 e. The summed E-state index contributed by atoms with van der Waals surface area (Å²) in [4.78, 5) is 30.9. The molecule has 0 fully saturated rings. The maximum atomic E-state index is 12.9. The van der Waals surface area contributed by atoms with Crippen LogP contribution in [0.2, 0.25) is 0 Å². The highest BCUT2D eigenvalue weighted by Gasteiger charge is 2.20. The van der Waals surface area contributed by atoms with E-state index in [4.69, 9.17) is 0 Å². The van der Waals surface area contributed by atoms with E-state index in [0.717, 1.165) is 12.0 Å². The van der Waals surface area contributed by atoms with Crippen molar-refractivity contribution in [3.63, 3.8) is 0 Å². The van der Waals surface area contributed by atoms with Crippen molar-refractivity contribution in [2.75, 3.05) is 0 Å². The molecule has 25 heavy (non-hydrogen) atoms. The summed E-state index contributed by atoms with van der Waals surface area (Å²) in [7, 11) is 0. The van der Waals surface area contributed by atoms with Crippen molar-refractivity contribution in [3.05, 3.63) is 63.0 Å². The third-order valence-electron chi connectivity index (χ3n) is 4.31. The molecule has 1 atom stereocenters. The molecule has 0 aliphatic heterocycles.